The van der Waals surface area contributed by atoms with Crippen LogP contribution in [0.3, 0.4) is 0 Å². The van der Waals surface area contributed by atoms with Gasteiger partial charge in [-0.15, -0.1) is 11.3 Å². The van der Waals surface area contributed by atoms with Gasteiger partial charge in [0.2, 0.25) is 0 Å². The third kappa shape index (κ3) is 2.70. The zero-order valence-corrected chi connectivity index (χ0v) is 12.7. The first-order chi connectivity index (χ1) is 9.63. The van der Waals surface area contributed by atoms with Crippen molar-refractivity contribution in [2.45, 2.75) is 19.4 Å². The number of thiophene rings is 1. The number of rotatable bonds is 3. The van der Waals surface area contributed by atoms with Crippen LogP contribution in [0, 0.1) is 6.92 Å². The van der Waals surface area contributed by atoms with Crippen molar-refractivity contribution in [3.8, 4) is 0 Å². The second kappa shape index (κ2) is 5.52. The molecule has 3 rings (SSSR count). The van der Waals surface area contributed by atoms with Crippen LogP contribution < -0.4 is 5.73 Å². The lowest BCUT2D eigenvalue weighted by Crippen LogP contribution is -2.14. The number of nitrogens with zero attached hydrogens (tertiary/aromatic N) is 1. The lowest BCUT2D eigenvalue weighted by Gasteiger charge is -2.12. The number of pyridine rings is 1. The van der Waals surface area contributed by atoms with Crippen LogP contribution in [-0.4, -0.2) is 4.98 Å². The topological polar surface area (TPSA) is 38.9 Å². The molecule has 2 heterocycles. The highest BCUT2D eigenvalue weighted by Crippen LogP contribution is 2.26. The molecule has 0 saturated carbocycles. The van der Waals surface area contributed by atoms with Gasteiger partial charge in [-0.1, -0.05) is 29.8 Å². The van der Waals surface area contributed by atoms with Crippen molar-refractivity contribution in [3.63, 3.8) is 0 Å². The van der Waals surface area contributed by atoms with E-state index in [0.29, 0.717) is 0 Å². The number of benzene rings is 1. The molecule has 0 aliphatic rings. The summed E-state index contributed by atoms with van der Waals surface area (Å²) in [6.45, 7) is 2.10. The fourth-order valence-electron chi connectivity index (χ4n) is 2.35. The largest absolute Gasteiger partial charge is 0.322 e. The average Bonchev–Trinajstić information content (AvgIpc) is 2.84. The number of para-hydroxylation sites is 1. The monoisotopic (exact) mass is 302 g/mol. The molecule has 0 radical (unpaired) electrons. The predicted molar refractivity (Wildman–Crippen MR) is 86.4 cm³/mol. The Labute approximate surface area is 127 Å². The Hall–Kier alpha value is -1.42. The summed E-state index contributed by atoms with van der Waals surface area (Å²) in [5.74, 6) is 0. The first-order valence-electron chi connectivity index (χ1n) is 6.49. The fourth-order valence-corrected chi connectivity index (χ4v) is 3.49. The highest BCUT2D eigenvalue weighted by molar-refractivity contribution is 7.16. The Morgan fingerprint density at radius 2 is 2.05 bits per heavy atom. The van der Waals surface area contributed by atoms with Crippen LogP contribution in [0.4, 0.5) is 0 Å². The van der Waals surface area contributed by atoms with Crippen molar-refractivity contribution in [1.29, 1.82) is 0 Å². The molecule has 2 aromatic heterocycles. The van der Waals surface area contributed by atoms with Gasteiger partial charge in [-0.25, -0.2) is 0 Å². The Morgan fingerprint density at radius 1 is 1.25 bits per heavy atom. The third-order valence-corrected chi connectivity index (χ3v) is 4.63. The Balaban J connectivity index is 1.93. The number of aromatic nitrogens is 1. The van der Waals surface area contributed by atoms with E-state index in [4.69, 9.17) is 17.3 Å². The van der Waals surface area contributed by atoms with Gasteiger partial charge in [0, 0.05) is 16.7 Å². The minimum Gasteiger partial charge on any atom is -0.322 e. The molecular weight excluding hydrogens is 288 g/mol. The van der Waals surface area contributed by atoms with Gasteiger partial charge in [-0.3, -0.25) is 4.98 Å². The number of fused-ring (bicyclic) bond motifs is 1. The van der Waals surface area contributed by atoms with Crippen molar-refractivity contribution < 1.29 is 0 Å². The van der Waals surface area contributed by atoms with E-state index >= 15 is 0 Å². The van der Waals surface area contributed by atoms with Gasteiger partial charge >= 0.3 is 0 Å². The molecule has 102 valence electrons. The fraction of sp³-hybridized carbons (Fsp3) is 0.188. The van der Waals surface area contributed by atoms with Crippen LogP contribution in [0.5, 0.6) is 0 Å². The standard InChI is InChI=1S/C16H15ClN2S/c1-10-8-15(19-14-5-3-2-4-12(10)14)13(18)9-11-6-7-16(17)20-11/h2-8,13H,9,18H2,1H3. The number of hydrogen-bond acceptors (Lipinski definition) is 3. The second-order valence-corrected chi connectivity index (χ2v) is 6.70. The van der Waals surface area contributed by atoms with E-state index in [1.54, 1.807) is 11.3 Å². The lowest BCUT2D eigenvalue weighted by atomic mass is 10.0. The minimum atomic E-state index is -0.104. The molecule has 1 atom stereocenters. The van der Waals surface area contributed by atoms with Crippen molar-refractivity contribution in [2.24, 2.45) is 5.73 Å². The Kier molecular flexibility index (Phi) is 3.74. The quantitative estimate of drug-likeness (QED) is 0.773. The molecule has 2 nitrogen and oxygen atoms in total. The summed E-state index contributed by atoms with van der Waals surface area (Å²) in [5, 5.41) is 1.18. The maximum Gasteiger partial charge on any atom is 0.0931 e. The van der Waals surface area contributed by atoms with Gasteiger partial charge in [0.25, 0.3) is 0 Å². The number of halogens is 1. The van der Waals surface area contributed by atoms with Gasteiger partial charge in [0.15, 0.2) is 0 Å². The van der Waals surface area contributed by atoms with Crippen LogP contribution >= 0.6 is 22.9 Å². The van der Waals surface area contributed by atoms with Gasteiger partial charge in [0.05, 0.1) is 21.6 Å². The van der Waals surface area contributed by atoms with E-state index in [0.717, 1.165) is 22.0 Å². The molecule has 1 unspecified atom stereocenters. The number of nitrogens with two attached hydrogens (primary N) is 1. The van der Waals surface area contributed by atoms with Crippen molar-refractivity contribution in [3.05, 3.63) is 62.9 Å². The van der Waals surface area contributed by atoms with Gasteiger partial charge < -0.3 is 5.73 Å². The zero-order chi connectivity index (χ0) is 14.1. The van der Waals surface area contributed by atoms with Gasteiger partial charge in [0.1, 0.15) is 0 Å². The number of aryl methyl sites for hydroxylation is 1. The summed E-state index contributed by atoms with van der Waals surface area (Å²) >= 11 is 7.53. The molecule has 0 bridgehead atoms. The Bertz CT molecular complexity index is 751. The molecule has 0 fully saturated rings. The Morgan fingerprint density at radius 3 is 2.80 bits per heavy atom. The molecule has 20 heavy (non-hydrogen) atoms. The molecular formula is C16H15ClN2S. The molecule has 0 aliphatic heterocycles. The molecule has 4 heteroatoms. The maximum atomic E-state index is 6.30. The summed E-state index contributed by atoms with van der Waals surface area (Å²) in [7, 11) is 0. The highest BCUT2D eigenvalue weighted by Gasteiger charge is 2.12. The molecule has 0 aliphatic carbocycles. The predicted octanol–water partition coefficient (Wildman–Crippen LogP) is 4.50. The molecule has 0 saturated heterocycles. The molecule has 1 aromatic carbocycles. The lowest BCUT2D eigenvalue weighted by molar-refractivity contribution is 0.706. The van der Waals surface area contributed by atoms with Crippen molar-refractivity contribution in [2.75, 3.05) is 0 Å². The van der Waals surface area contributed by atoms with Crippen LogP contribution in [-0.2, 0) is 6.42 Å². The first-order valence-corrected chi connectivity index (χ1v) is 7.69. The summed E-state index contributed by atoms with van der Waals surface area (Å²) in [6, 6.07) is 14.1. The summed E-state index contributed by atoms with van der Waals surface area (Å²) in [5.41, 5.74) is 9.45. The molecule has 0 amide bonds. The third-order valence-electron chi connectivity index (χ3n) is 3.37. The minimum absolute atomic E-state index is 0.104. The number of hydrogen-bond donors (Lipinski definition) is 1. The molecule has 2 N–H and O–H groups in total. The van der Waals surface area contributed by atoms with E-state index in [2.05, 4.69) is 24.0 Å². The normalized spacial score (nSPS) is 12.8. The average molecular weight is 303 g/mol. The van der Waals surface area contributed by atoms with Crippen molar-refractivity contribution >= 4 is 33.8 Å². The van der Waals surface area contributed by atoms with Crippen LogP contribution in [0.15, 0.2) is 42.5 Å². The molecule has 0 spiro atoms. The van der Waals surface area contributed by atoms with E-state index < -0.39 is 0 Å². The molecule has 3 aromatic rings. The van der Waals surface area contributed by atoms with E-state index in [-0.39, 0.29) is 6.04 Å². The highest BCUT2D eigenvalue weighted by atomic mass is 35.5. The second-order valence-electron chi connectivity index (χ2n) is 4.90. The van der Waals surface area contributed by atoms with Gasteiger partial charge in [-0.05, 0) is 36.8 Å². The smallest absolute Gasteiger partial charge is 0.0931 e. The van der Waals surface area contributed by atoms with Crippen molar-refractivity contribution in [1.82, 2.24) is 4.98 Å². The van der Waals surface area contributed by atoms with E-state index in [1.165, 1.54) is 15.8 Å². The maximum absolute atomic E-state index is 6.30. The zero-order valence-electron chi connectivity index (χ0n) is 11.1. The van der Waals surface area contributed by atoms with Gasteiger partial charge in [-0.2, -0.15) is 0 Å². The van der Waals surface area contributed by atoms with E-state index in [9.17, 15) is 0 Å². The van der Waals surface area contributed by atoms with E-state index in [1.807, 2.05) is 30.3 Å². The summed E-state index contributed by atoms with van der Waals surface area (Å²) in [6.07, 6.45) is 0.766. The first kappa shape index (κ1) is 13.6. The van der Waals surface area contributed by atoms with Crippen LogP contribution in [0.2, 0.25) is 4.34 Å². The SMILES string of the molecule is Cc1cc(C(N)Cc2ccc(Cl)s2)nc2ccccc12. The van der Waals surface area contributed by atoms with Crippen LogP contribution in [0.1, 0.15) is 22.2 Å². The summed E-state index contributed by atoms with van der Waals surface area (Å²) in [4.78, 5) is 5.88. The summed E-state index contributed by atoms with van der Waals surface area (Å²) < 4.78 is 0.801. The van der Waals surface area contributed by atoms with Crippen LogP contribution in [0.25, 0.3) is 10.9 Å².